The van der Waals surface area contributed by atoms with Crippen LogP contribution >= 0.6 is 39.1 Å². The SMILES string of the molecule is NNC(Cc1ccc(Cl)cc1Cl)c1ccc(Br)cc1. The van der Waals surface area contributed by atoms with E-state index in [-0.39, 0.29) is 6.04 Å². The van der Waals surface area contributed by atoms with Crippen LogP contribution in [0.1, 0.15) is 17.2 Å². The number of nitrogens with two attached hydrogens (primary N) is 1. The van der Waals surface area contributed by atoms with Gasteiger partial charge in [0.15, 0.2) is 0 Å². The van der Waals surface area contributed by atoms with E-state index < -0.39 is 0 Å². The Balaban J connectivity index is 2.21. The maximum atomic E-state index is 6.18. The maximum absolute atomic E-state index is 6.18. The molecule has 1 unspecified atom stereocenters. The van der Waals surface area contributed by atoms with Gasteiger partial charge in [-0.15, -0.1) is 0 Å². The van der Waals surface area contributed by atoms with Gasteiger partial charge in [-0.05, 0) is 41.8 Å². The van der Waals surface area contributed by atoms with E-state index in [2.05, 4.69) is 21.4 Å². The molecule has 0 saturated carbocycles. The van der Waals surface area contributed by atoms with E-state index in [0.717, 1.165) is 15.6 Å². The summed E-state index contributed by atoms with van der Waals surface area (Å²) in [5.74, 6) is 5.64. The largest absolute Gasteiger partial charge is 0.271 e. The van der Waals surface area contributed by atoms with Crippen molar-refractivity contribution in [2.24, 2.45) is 5.84 Å². The molecule has 0 radical (unpaired) electrons. The van der Waals surface area contributed by atoms with E-state index in [9.17, 15) is 0 Å². The second kappa shape index (κ2) is 6.73. The first-order chi connectivity index (χ1) is 9.10. The van der Waals surface area contributed by atoms with E-state index in [1.165, 1.54) is 0 Å². The standard InChI is InChI=1S/C14H13BrCl2N2/c15-11-4-1-9(2-5-11)14(19-18)7-10-3-6-12(16)8-13(10)17/h1-6,8,14,19H,7,18H2. The molecule has 0 aromatic heterocycles. The Morgan fingerprint density at radius 2 is 1.79 bits per heavy atom. The highest BCUT2D eigenvalue weighted by Gasteiger charge is 2.12. The minimum absolute atomic E-state index is 0.00627. The van der Waals surface area contributed by atoms with Gasteiger partial charge in [0.05, 0.1) is 6.04 Å². The van der Waals surface area contributed by atoms with Gasteiger partial charge in [0, 0.05) is 14.5 Å². The van der Waals surface area contributed by atoms with Crippen LogP contribution in [0.3, 0.4) is 0 Å². The van der Waals surface area contributed by atoms with Gasteiger partial charge in [-0.25, -0.2) is 0 Å². The third-order valence-corrected chi connectivity index (χ3v) is 4.03. The van der Waals surface area contributed by atoms with Gasteiger partial charge in [0.25, 0.3) is 0 Å². The molecule has 2 rings (SSSR count). The Morgan fingerprint density at radius 3 is 2.37 bits per heavy atom. The first kappa shape index (κ1) is 14.8. The summed E-state index contributed by atoms with van der Waals surface area (Å²) in [4.78, 5) is 0. The lowest BCUT2D eigenvalue weighted by molar-refractivity contribution is 0.552. The van der Waals surface area contributed by atoms with Crippen molar-refractivity contribution in [1.29, 1.82) is 0 Å². The van der Waals surface area contributed by atoms with Crippen LogP contribution in [0.2, 0.25) is 10.0 Å². The molecule has 3 N–H and O–H groups in total. The zero-order valence-electron chi connectivity index (χ0n) is 10.0. The molecule has 0 saturated heterocycles. The van der Waals surface area contributed by atoms with Crippen LogP contribution in [-0.2, 0) is 6.42 Å². The highest BCUT2D eigenvalue weighted by molar-refractivity contribution is 9.10. The second-order valence-electron chi connectivity index (χ2n) is 4.21. The molecule has 0 amide bonds. The molecule has 2 aromatic rings. The topological polar surface area (TPSA) is 38.0 Å². The molecular formula is C14H13BrCl2N2. The molecule has 2 nitrogen and oxygen atoms in total. The predicted octanol–water partition coefficient (Wildman–Crippen LogP) is 4.50. The molecule has 19 heavy (non-hydrogen) atoms. The third-order valence-electron chi connectivity index (χ3n) is 2.91. The molecule has 5 heteroatoms. The first-order valence-corrected chi connectivity index (χ1v) is 7.30. The van der Waals surface area contributed by atoms with Crippen LogP contribution in [0.4, 0.5) is 0 Å². The highest BCUT2D eigenvalue weighted by Crippen LogP contribution is 2.26. The van der Waals surface area contributed by atoms with Crippen LogP contribution in [0.25, 0.3) is 0 Å². The number of nitrogens with one attached hydrogen (secondary N) is 1. The summed E-state index contributed by atoms with van der Waals surface area (Å²) in [6.07, 6.45) is 0.703. The van der Waals surface area contributed by atoms with E-state index >= 15 is 0 Å². The number of hydrogen-bond donors (Lipinski definition) is 2. The Hall–Kier alpha value is -0.580. The lowest BCUT2D eigenvalue weighted by Crippen LogP contribution is -2.29. The smallest absolute Gasteiger partial charge is 0.0500 e. The van der Waals surface area contributed by atoms with Crippen molar-refractivity contribution in [3.63, 3.8) is 0 Å². The zero-order valence-corrected chi connectivity index (χ0v) is 13.1. The van der Waals surface area contributed by atoms with Crippen molar-refractivity contribution >= 4 is 39.1 Å². The molecule has 0 aliphatic carbocycles. The van der Waals surface area contributed by atoms with Crippen LogP contribution < -0.4 is 11.3 Å². The molecule has 0 fully saturated rings. The molecule has 0 spiro atoms. The molecular weight excluding hydrogens is 347 g/mol. The van der Waals surface area contributed by atoms with Crippen molar-refractivity contribution in [1.82, 2.24) is 5.43 Å². The minimum Gasteiger partial charge on any atom is -0.271 e. The summed E-state index contributed by atoms with van der Waals surface area (Å²) in [6.45, 7) is 0. The van der Waals surface area contributed by atoms with Gasteiger partial charge < -0.3 is 0 Å². The summed E-state index contributed by atoms with van der Waals surface area (Å²) >= 11 is 15.5. The molecule has 0 aliphatic heterocycles. The van der Waals surface area contributed by atoms with Crippen LogP contribution in [0.5, 0.6) is 0 Å². The quantitative estimate of drug-likeness (QED) is 0.622. The first-order valence-electron chi connectivity index (χ1n) is 5.75. The van der Waals surface area contributed by atoms with Crippen molar-refractivity contribution in [2.75, 3.05) is 0 Å². The van der Waals surface area contributed by atoms with E-state index in [1.54, 1.807) is 6.07 Å². The van der Waals surface area contributed by atoms with Gasteiger partial charge in [-0.2, -0.15) is 0 Å². The van der Waals surface area contributed by atoms with Gasteiger partial charge in [0.2, 0.25) is 0 Å². The monoisotopic (exact) mass is 358 g/mol. The normalized spacial score (nSPS) is 12.4. The highest BCUT2D eigenvalue weighted by atomic mass is 79.9. The van der Waals surface area contributed by atoms with Gasteiger partial charge in [0.1, 0.15) is 0 Å². The average Bonchev–Trinajstić information content (AvgIpc) is 2.39. The van der Waals surface area contributed by atoms with Gasteiger partial charge in [-0.3, -0.25) is 11.3 Å². The number of halogens is 3. The Bertz CT molecular complexity index is 558. The molecule has 0 heterocycles. The van der Waals surface area contributed by atoms with Crippen molar-refractivity contribution < 1.29 is 0 Å². The molecule has 0 bridgehead atoms. The molecule has 2 aromatic carbocycles. The fourth-order valence-electron chi connectivity index (χ4n) is 1.88. The summed E-state index contributed by atoms with van der Waals surface area (Å²) in [6, 6.07) is 13.5. The molecule has 0 aliphatic rings. The number of benzene rings is 2. The van der Waals surface area contributed by atoms with Crippen LogP contribution in [0.15, 0.2) is 46.9 Å². The Labute approximate surface area is 131 Å². The number of rotatable bonds is 4. The van der Waals surface area contributed by atoms with E-state index in [0.29, 0.717) is 16.5 Å². The van der Waals surface area contributed by atoms with Crippen molar-refractivity contribution in [2.45, 2.75) is 12.5 Å². The van der Waals surface area contributed by atoms with Gasteiger partial charge >= 0.3 is 0 Å². The van der Waals surface area contributed by atoms with Crippen molar-refractivity contribution in [3.8, 4) is 0 Å². The summed E-state index contributed by atoms with van der Waals surface area (Å²) in [7, 11) is 0. The fraction of sp³-hybridized carbons (Fsp3) is 0.143. The average molecular weight is 360 g/mol. The maximum Gasteiger partial charge on any atom is 0.0500 e. The molecule has 1 atom stereocenters. The summed E-state index contributed by atoms with van der Waals surface area (Å²) in [5, 5.41) is 1.29. The lowest BCUT2D eigenvalue weighted by Gasteiger charge is -2.17. The Kier molecular flexibility index (Phi) is 5.25. The molecule has 100 valence electrons. The number of hydrogen-bond acceptors (Lipinski definition) is 2. The summed E-state index contributed by atoms with van der Waals surface area (Å²) < 4.78 is 1.04. The van der Waals surface area contributed by atoms with Gasteiger partial charge in [-0.1, -0.05) is 57.3 Å². The second-order valence-corrected chi connectivity index (χ2v) is 5.97. The van der Waals surface area contributed by atoms with Crippen LogP contribution in [-0.4, -0.2) is 0 Å². The summed E-state index contributed by atoms with van der Waals surface area (Å²) in [5.41, 5.74) is 4.94. The lowest BCUT2D eigenvalue weighted by atomic mass is 9.99. The van der Waals surface area contributed by atoms with E-state index in [4.69, 9.17) is 29.0 Å². The zero-order chi connectivity index (χ0) is 13.8. The fourth-order valence-corrected chi connectivity index (χ4v) is 2.63. The van der Waals surface area contributed by atoms with Crippen molar-refractivity contribution in [3.05, 3.63) is 68.1 Å². The third kappa shape index (κ3) is 3.94. The minimum atomic E-state index is 0.00627. The Morgan fingerprint density at radius 1 is 1.11 bits per heavy atom. The van der Waals surface area contributed by atoms with Crippen LogP contribution in [0, 0.1) is 0 Å². The predicted molar refractivity (Wildman–Crippen MR) is 84.4 cm³/mol. The number of hydrazine groups is 1. The van der Waals surface area contributed by atoms with E-state index in [1.807, 2.05) is 36.4 Å².